The van der Waals surface area contributed by atoms with Gasteiger partial charge in [-0.1, -0.05) is 18.2 Å². The zero-order valence-corrected chi connectivity index (χ0v) is 25.4. The molecule has 1 N–H and O–H groups in total. The number of nitrogens with one attached hydrogen (secondary N) is 1. The first-order valence-corrected chi connectivity index (χ1v) is 16.4. The van der Waals surface area contributed by atoms with Gasteiger partial charge in [-0.3, -0.25) is 9.88 Å². The van der Waals surface area contributed by atoms with Crippen LogP contribution >= 0.6 is 0 Å². The number of rotatable bonds is 10. The maximum atomic E-state index is 13.7. The summed E-state index contributed by atoms with van der Waals surface area (Å²) in [5, 5.41) is 3.88. The summed E-state index contributed by atoms with van der Waals surface area (Å²) < 4.78 is 33.0. The Kier molecular flexibility index (Phi) is 9.73. The molecule has 1 aromatic heterocycles. The summed E-state index contributed by atoms with van der Waals surface area (Å²) in [5.41, 5.74) is 7.00. The van der Waals surface area contributed by atoms with E-state index in [1.54, 1.807) is 0 Å². The predicted octanol–water partition coefficient (Wildman–Crippen LogP) is 5.60. The molecule has 1 aromatic carbocycles. The van der Waals surface area contributed by atoms with E-state index in [1.807, 2.05) is 6.20 Å². The smallest absolute Gasteiger partial charge is 0.248 e. The molecule has 1 saturated heterocycles. The van der Waals surface area contributed by atoms with Crippen molar-refractivity contribution in [2.45, 2.75) is 94.8 Å². The molecular formula is C34H49F2N5O. The van der Waals surface area contributed by atoms with Gasteiger partial charge < -0.3 is 19.9 Å². The van der Waals surface area contributed by atoms with Gasteiger partial charge in [0.1, 0.15) is 0 Å². The molecule has 2 atom stereocenters. The average molecular weight is 582 g/mol. The largest absolute Gasteiger partial charge is 0.378 e. The molecule has 1 saturated carbocycles. The molecule has 8 heteroatoms. The molecule has 230 valence electrons. The van der Waals surface area contributed by atoms with Crippen LogP contribution in [0.15, 0.2) is 36.5 Å². The Bertz CT molecular complexity index is 1160. The highest BCUT2D eigenvalue weighted by Crippen LogP contribution is 2.36. The predicted molar refractivity (Wildman–Crippen MR) is 164 cm³/mol. The van der Waals surface area contributed by atoms with Gasteiger partial charge >= 0.3 is 0 Å². The summed E-state index contributed by atoms with van der Waals surface area (Å²) in [5.74, 6) is -2.46. The molecule has 2 aliphatic heterocycles. The zero-order chi connectivity index (χ0) is 28.9. The van der Waals surface area contributed by atoms with Gasteiger partial charge in [-0.2, -0.15) is 0 Å². The lowest BCUT2D eigenvalue weighted by Crippen LogP contribution is -2.47. The number of halogens is 2. The van der Waals surface area contributed by atoms with Gasteiger partial charge in [0.25, 0.3) is 0 Å². The highest BCUT2D eigenvalue weighted by atomic mass is 19.3. The van der Waals surface area contributed by atoms with Crippen LogP contribution in [-0.2, 0) is 24.1 Å². The first-order chi connectivity index (χ1) is 20.5. The number of hydrogen-bond acceptors (Lipinski definition) is 6. The van der Waals surface area contributed by atoms with Crippen LogP contribution in [0.4, 0.5) is 14.5 Å². The van der Waals surface area contributed by atoms with Crippen molar-refractivity contribution in [1.82, 2.24) is 20.1 Å². The third kappa shape index (κ3) is 7.15. The average Bonchev–Trinajstić information content (AvgIpc) is 3.02. The van der Waals surface area contributed by atoms with Gasteiger partial charge in [-0.15, -0.1) is 0 Å². The van der Waals surface area contributed by atoms with Gasteiger partial charge in [0, 0.05) is 63.0 Å². The minimum absolute atomic E-state index is 0.0364. The summed E-state index contributed by atoms with van der Waals surface area (Å²) in [4.78, 5) is 12.5. The maximum absolute atomic E-state index is 13.7. The number of fused-ring (bicyclic) bond motifs is 2. The summed E-state index contributed by atoms with van der Waals surface area (Å²) >= 11 is 0. The Morgan fingerprint density at radius 2 is 1.81 bits per heavy atom. The summed E-state index contributed by atoms with van der Waals surface area (Å²) in [6.45, 7) is 7.45. The molecule has 2 aromatic rings. The molecule has 0 unspecified atom stereocenters. The third-order valence-corrected chi connectivity index (χ3v) is 10.2. The molecular weight excluding hydrogens is 532 g/mol. The Labute approximate surface area is 250 Å². The van der Waals surface area contributed by atoms with E-state index in [9.17, 15) is 8.78 Å². The van der Waals surface area contributed by atoms with E-state index in [4.69, 9.17) is 9.72 Å². The Morgan fingerprint density at radius 3 is 2.64 bits per heavy atom. The summed E-state index contributed by atoms with van der Waals surface area (Å²) in [6, 6.07) is 12.2. The van der Waals surface area contributed by atoms with Crippen LogP contribution in [-0.4, -0.2) is 85.8 Å². The van der Waals surface area contributed by atoms with Crippen LogP contribution < -0.4 is 10.2 Å². The van der Waals surface area contributed by atoms with Gasteiger partial charge in [0.2, 0.25) is 5.92 Å². The first-order valence-electron chi connectivity index (χ1n) is 16.4. The Morgan fingerprint density at radius 1 is 1.02 bits per heavy atom. The van der Waals surface area contributed by atoms with Crippen molar-refractivity contribution in [3.05, 3.63) is 58.9 Å². The van der Waals surface area contributed by atoms with E-state index in [1.165, 1.54) is 34.5 Å². The molecule has 6 rings (SSSR count). The van der Waals surface area contributed by atoms with E-state index in [0.29, 0.717) is 31.0 Å². The minimum Gasteiger partial charge on any atom is -0.378 e. The summed E-state index contributed by atoms with van der Waals surface area (Å²) in [7, 11) is 2.13. The lowest BCUT2D eigenvalue weighted by molar-refractivity contribution is -0.0513. The molecule has 42 heavy (non-hydrogen) atoms. The minimum atomic E-state index is -2.46. The van der Waals surface area contributed by atoms with E-state index in [2.05, 4.69) is 57.4 Å². The molecule has 0 amide bonds. The highest BCUT2D eigenvalue weighted by Gasteiger charge is 2.36. The fourth-order valence-corrected chi connectivity index (χ4v) is 7.75. The number of pyridine rings is 1. The van der Waals surface area contributed by atoms with Crippen molar-refractivity contribution in [2.24, 2.45) is 0 Å². The fourth-order valence-electron chi connectivity index (χ4n) is 7.75. The number of anilines is 1. The van der Waals surface area contributed by atoms with E-state index in [0.717, 1.165) is 84.6 Å². The Balaban J connectivity index is 1.12. The second-order valence-electron chi connectivity index (χ2n) is 13.0. The lowest BCUT2D eigenvalue weighted by atomic mass is 9.89. The maximum Gasteiger partial charge on any atom is 0.248 e. The molecule has 3 heterocycles. The number of alkyl halides is 2. The topological polar surface area (TPSA) is 43.9 Å². The van der Waals surface area contributed by atoms with Crippen molar-refractivity contribution in [1.29, 1.82) is 0 Å². The standard InChI is InChI=1S/C34H49F2N5O/c1-39(29-12-14-34(35,36)15-13-29)17-2-3-18-41(32-11-4-7-26-9-6-16-37-33(26)32)25-28-23-30-27(24-38-28)8-5-10-31(30)40-19-21-42-22-20-40/h5-6,8-10,16,28-29,32,38H,2-4,7,11-15,17-25H2,1H3/t28-,32+/m1/s1. The van der Waals surface area contributed by atoms with Crippen LogP contribution in [0, 0.1) is 0 Å². The second-order valence-corrected chi connectivity index (χ2v) is 13.0. The number of hydrogen-bond donors (Lipinski definition) is 1. The summed E-state index contributed by atoms with van der Waals surface area (Å²) in [6.07, 6.45) is 9.97. The Hall–Kier alpha value is -2.13. The van der Waals surface area contributed by atoms with Crippen molar-refractivity contribution < 1.29 is 13.5 Å². The van der Waals surface area contributed by atoms with Gasteiger partial charge in [-0.25, -0.2) is 8.78 Å². The van der Waals surface area contributed by atoms with Crippen LogP contribution in [0.3, 0.4) is 0 Å². The molecule has 4 aliphatic rings. The highest BCUT2D eigenvalue weighted by molar-refractivity contribution is 5.58. The van der Waals surface area contributed by atoms with Crippen molar-refractivity contribution in [2.75, 3.05) is 57.9 Å². The number of unbranched alkanes of at least 4 members (excludes halogenated alkanes) is 1. The van der Waals surface area contributed by atoms with E-state index in [-0.39, 0.29) is 12.8 Å². The molecule has 2 aliphatic carbocycles. The molecule has 0 spiro atoms. The number of benzene rings is 1. The fraction of sp³-hybridized carbons (Fsp3) is 0.676. The number of aryl methyl sites for hydroxylation is 1. The SMILES string of the molecule is CN(CCCCN(C[C@H]1Cc2c(cccc2N2CCOCC2)CN1)[C@H]1CCCc2cccnc21)C1CCC(F)(F)CC1. The number of aromatic nitrogens is 1. The molecule has 2 fully saturated rings. The van der Waals surface area contributed by atoms with Crippen LogP contribution in [0.25, 0.3) is 0 Å². The van der Waals surface area contributed by atoms with Gasteiger partial charge in [0.05, 0.1) is 24.9 Å². The van der Waals surface area contributed by atoms with Gasteiger partial charge in [0.15, 0.2) is 0 Å². The van der Waals surface area contributed by atoms with Crippen molar-refractivity contribution in [3.63, 3.8) is 0 Å². The zero-order valence-electron chi connectivity index (χ0n) is 25.4. The van der Waals surface area contributed by atoms with Crippen molar-refractivity contribution >= 4 is 5.69 Å². The van der Waals surface area contributed by atoms with Crippen LogP contribution in [0.2, 0.25) is 0 Å². The van der Waals surface area contributed by atoms with Crippen LogP contribution in [0.1, 0.15) is 79.8 Å². The second kappa shape index (κ2) is 13.7. The van der Waals surface area contributed by atoms with Crippen LogP contribution in [0.5, 0.6) is 0 Å². The normalized spacial score (nSPS) is 24.5. The first kappa shape index (κ1) is 29.9. The number of nitrogens with zero attached hydrogens (tertiary/aromatic N) is 4. The lowest BCUT2D eigenvalue weighted by Gasteiger charge is -2.40. The van der Waals surface area contributed by atoms with Gasteiger partial charge in [-0.05, 0) is 100 Å². The molecule has 6 nitrogen and oxygen atoms in total. The number of ether oxygens (including phenoxy) is 1. The third-order valence-electron chi connectivity index (χ3n) is 10.2. The number of morpholine rings is 1. The monoisotopic (exact) mass is 581 g/mol. The quantitative estimate of drug-likeness (QED) is 0.369. The van der Waals surface area contributed by atoms with E-state index < -0.39 is 5.92 Å². The van der Waals surface area contributed by atoms with E-state index >= 15 is 0 Å². The molecule has 0 bridgehead atoms. The van der Waals surface area contributed by atoms with Crippen molar-refractivity contribution in [3.8, 4) is 0 Å². The molecule has 0 radical (unpaired) electrons.